The minimum atomic E-state index is -1.18. The van der Waals surface area contributed by atoms with Crippen LogP contribution in [-0.2, 0) is 4.79 Å². The molecule has 1 aliphatic rings. The Hall–Kier alpha value is -1.26. The van der Waals surface area contributed by atoms with E-state index in [-0.39, 0.29) is 12.1 Å². The molecule has 0 radical (unpaired) electrons. The summed E-state index contributed by atoms with van der Waals surface area (Å²) < 4.78 is 0. The second-order valence-electron chi connectivity index (χ2n) is 5.96. The lowest BCUT2D eigenvalue weighted by molar-refractivity contribution is -0.147. The van der Waals surface area contributed by atoms with Crippen LogP contribution in [0.25, 0.3) is 0 Å². The van der Waals surface area contributed by atoms with Crippen molar-refractivity contribution in [2.24, 2.45) is 0 Å². The molecule has 1 rings (SSSR count). The molecule has 19 heavy (non-hydrogen) atoms. The van der Waals surface area contributed by atoms with E-state index in [0.29, 0.717) is 0 Å². The Kier molecular flexibility index (Phi) is 5.20. The second-order valence-corrected chi connectivity index (χ2v) is 5.96. The van der Waals surface area contributed by atoms with Crippen LogP contribution in [0.2, 0.25) is 0 Å². The van der Waals surface area contributed by atoms with E-state index in [4.69, 9.17) is 0 Å². The molecule has 0 heterocycles. The molecule has 0 bridgehead atoms. The van der Waals surface area contributed by atoms with E-state index in [2.05, 4.69) is 0 Å². The van der Waals surface area contributed by atoms with E-state index in [1.807, 2.05) is 0 Å². The molecule has 0 aromatic heterocycles. The van der Waals surface area contributed by atoms with Crippen molar-refractivity contribution in [1.29, 1.82) is 0 Å². The third-order valence-corrected chi connectivity index (χ3v) is 4.32. The molecule has 0 aliphatic heterocycles. The molecule has 5 heteroatoms. The summed E-state index contributed by atoms with van der Waals surface area (Å²) in [7, 11) is 3.34. The molecule has 0 saturated heterocycles. The first kappa shape index (κ1) is 15.8. The normalized spacial score (nSPS) is 17.7. The maximum absolute atomic E-state index is 12.4. The van der Waals surface area contributed by atoms with Gasteiger partial charge in [0.1, 0.15) is 5.54 Å². The van der Waals surface area contributed by atoms with Gasteiger partial charge in [-0.15, -0.1) is 0 Å². The topological polar surface area (TPSA) is 60.9 Å². The van der Waals surface area contributed by atoms with E-state index in [1.165, 1.54) is 17.7 Å². The first-order valence-electron chi connectivity index (χ1n) is 7.02. The largest absolute Gasteiger partial charge is 0.480 e. The van der Waals surface area contributed by atoms with Gasteiger partial charge >= 0.3 is 12.0 Å². The third kappa shape index (κ3) is 3.61. The molecule has 2 amide bonds. The molecule has 1 aliphatic carbocycles. The van der Waals surface area contributed by atoms with Crippen molar-refractivity contribution in [3.05, 3.63) is 0 Å². The molecule has 0 unspecified atom stereocenters. The molecule has 0 aromatic carbocycles. The summed E-state index contributed by atoms with van der Waals surface area (Å²) in [6.07, 6.45) is 6.79. The highest BCUT2D eigenvalue weighted by molar-refractivity contribution is 5.85. The van der Waals surface area contributed by atoms with E-state index in [1.54, 1.807) is 32.8 Å². The van der Waals surface area contributed by atoms with Crippen LogP contribution < -0.4 is 0 Å². The van der Waals surface area contributed by atoms with Gasteiger partial charge < -0.3 is 14.9 Å². The van der Waals surface area contributed by atoms with Crippen molar-refractivity contribution in [2.75, 3.05) is 14.1 Å². The van der Waals surface area contributed by atoms with Gasteiger partial charge in [0.2, 0.25) is 0 Å². The van der Waals surface area contributed by atoms with Crippen LogP contribution in [0.15, 0.2) is 0 Å². The number of carbonyl (C=O) groups excluding carboxylic acids is 1. The monoisotopic (exact) mass is 270 g/mol. The molecule has 0 atom stereocenters. The minimum Gasteiger partial charge on any atom is -0.480 e. The van der Waals surface area contributed by atoms with E-state index >= 15 is 0 Å². The number of carbonyl (C=O) groups is 2. The summed E-state index contributed by atoms with van der Waals surface area (Å²) in [4.78, 5) is 26.6. The zero-order valence-electron chi connectivity index (χ0n) is 12.5. The molecule has 110 valence electrons. The van der Waals surface area contributed by atoms with Crippen molar-refractivity contribution in [3.8, 4) is 0 Å². The molecular formula is C14H26N2O3. The number of urea groups is 1. The second kappa shape index (κ2) is 6.26. The smallest absolute Gasteiger partial charge is 0.329 e. The van der Waals surface area contributed by atoms with Crippen LogP contribution in [0.1, 0.15) is 52.4 Å². The fourth-order valence-electron chi connectivity index (χ4n) is 2.42. The first-order chi connectivity index (χ1) is 8.78. The van der Waals surface area contributed by atoms with Gasteiger partial charge in [0, 0.05) is 20.1 Å². The van der Waals surface area contributed by atoms with Crippen molar-refractivity contribution in [2.45, 2.75) is 64.0 Å². The van der Waals surface area contributed by atoms with Gasteiger partial charge in [-0.05, 0) is 26.7 Å². The van der Waals surface area contributed by atoms with Gasteiger partial charge in [-0.1, -0.05) is 25.7 Å². The standard InChI is InChI=1S/C14H26N2O3/c1-14(2,12(17)18)16(4)13(19)15(3)11-9-7-5-6-8-10-11/h11H,5-10H2,1-4H3,(H,17,18). The Labute approximate surface area is 115 Å². The Morgan fingerprint density at radius 2 is 1.53 bits per heavy atom. The average molecular weight is 270 g/mol. The molecule has 5 nitrogen and oxygen atoms in total. The Balaban J connectivity index is 2.72. The molecular weight excluding hydrogens is 244 g/mol. The van der Waals surface area contributed by atoms with Crippen molar-refractivity contribution in [1.82, 2.24) is 9.80 Å². The Morgan fingerprint density at radius 3 is 1.95 bits per heavy atom. The molecule has 1 saturated carbocycles. The van der Waals surface area contributed by atoms with Crippen LogP contribution in [0.3, 0.4) is 0 Å². The van der Waals surface area contributed by atoms with Crippen molar-refractivity contribution >= 4 is 12.0 Å². The Morgan fingerprint density at radius 1 is 1.05 bits per heavy atom. The number of aliphatic carboxylic acids is 1. The lowest BCUT2D eigenvalue weighted by Gasteiger charge is -2.37. The van der Waals surface area contributed by atoms with Gasteiger partial charge in [0.15, 0.2) is 0 Å². The zero-order chi connectivity index (χ0) is 14.6. The maximum Gasteiger partial charge on any atom is 0.329 e. The lowest BCUT2D eigenvalue weighted by Crippen LogP contribution is -2.56. The highest BCUT2D eigenvalue weighted by Crippen LogP contribution is 2.23. The Bertz CT molecular complexity index is 334. The number of hydrogen-bond acceptors (Lipinski definition) is 2. The molecule has 0 spiro atoms. The van der Waals surface area contributed by atoms with Crippen LogP contribution >= 0.6 is 0 Å². The maximum atomic E-state index is 12.4. The number of carboxylic acids is 1. The van der Waals surface area contributed by atoms with E-state index < -0.39 is 11.5 Å². The van der Waals surface area contributed by atoms with Gasteiger partial charge in [-0.25, -0.2) is 9.59 Å². The van der Waals surface area contributed by atoms with Crippen LogP contribution in [0, 0.1) is 0 Å². The lowest BCUT2D eigenvalue weighted by atomic mass is 10.0. The van der Waals surface area contributed by atoms with E-state index in [0.717, 1.165) is 25.7 Å². The third-order valence-electron chi connectivity index (χ3n) is 4.32. The first-order valence-corrected chi connectivity index (χ1v) is 7.02. The number of rotatable bonds is 3. The van der Waals surface area contributed by atoms with Crippen molar-refractivity contribution < 1.29 is 14.7 Å². The number of hydrogen-bond donors (Lipinski definition) is 1. The summed E-state index contributed by atoms with van der Waals surface area (Å²) in [6.45, 7) is 3.10. The summed E-state index contributed by atoms with van der Waals surface area (Å²) in [6, 6.07) is 0.0290. The molecule has 1 N–H and O–H groups in total. The van der Waals surface area contributed by atoms with Crippen LogP contribution in [-0.4, -0.2) is 52.6 Å². The van der Waals surface area contributed by atoms with Gasteiger partial charge in [0.05, 0.1) is 0 Å². The highest BCUT2D eigenvalue weighted by Gasteiger charge is 2.37. The fraction of sp³-hybridized carbons (Fsp3) is 0.857. The average Bonchev–Trinajstić information content (AvgIpc) is 2.64. The highest BCUT2D eigenvalue weighted by atomic mass is 16.4. The number of amides is 2. The van der Waals surface area contributed by atoms with Crippen LogP contribution in [0.5, 0.6) is 0 Å². The van der Waals surface area contributed by atoms with Gasteiger partial charge in [0.25, 0.3) is 0 Å². The van der Waals surface area contributed by atoms with Crippen LogP contribution in [0.4, 0.5) is 4.79 Å². The van der Waals surface area contributed by atoms with Gasteiger partial charge in [-0.3, -0.25) is 0 Å². The summed E-state index contributed by atoms with van der Waals surface area (Å²) in [5.74, 6) is -0.988. The van der Waals surface area contributed by atoms with E-state index in [9.17, 15) is 14.7 Å². The summed E-state index contributed by atoms with van der Waals surface area (Å²) in [5, 5.41) is 9.19. The number of carboxylic acid groups (broad SMARTS) is 1. The minimum absolute atomic E-state index is 0.209. The molecule has 0 aromatic rings. The number of likely N-dealkylation sites (N-methyl/N-ethyl adjacent to an activating group) is 1. The van der Waals surface area contributed by atoms with Crippen molar-refractivity contribution in [3.63, 3.8) is 0 Å². The summed E-state index contributed by atoms with van der Waals surface area (Å²) >= 11 is 0. The zero-order valence-corrected chi connectivity index (χ0v) is 12.5. The SMILES string of the molecule is CN(C(=O)N(C)C(C)(C)C(=O)O)C1CCCCCC1. The quantitative estimate of drug-likeness (QED) is 0.802. The fourth-order valence-corrected chi connectivity index (χ4v) is 2.42. The summed E-state index contributed by atoms with van der Waals surface area (Å²) in [5.41, 5.74) is -1.18. The predicted molar refractivity (Wildman–Crippen MR) is 74.1 cm³/mol. The predicted octanol–water partition coefficient (Wildman–Crippen LogP) is 2.56. The molecule has 1 fully saturated rings. The number of nitrogens with zero attached hydrogens (tertiary/aromatic N) is 2. The van der Waals surface area contributed by atoms with Gasteiger partial charge in [-0.2, -0.15) is 0 Å².